The van der Waals surface area contributed by atoms with Gasteiger partial charge in [0.05, 0.1) is 23.8 Å². The largest absolute Gasteiger partial charge is 0.495 e. The van der Waals surface area contributed by atoms with Gasteiger partial charge in [-0.25, -0.2) is 4.98 Å². The van der Waals surface area contributed by atoms with Crippen molar-refractivity contribution in [2.75, 3.05) is 32.1 Å². The lowest BCUT2D eigenvalue weighted by Crippen LogP contribution is -2.42. The molecule has 2 aromatic heterocycles. The van der Waals surface area contributed by atoms with Gasteiger partial charge >= 0.3 is 5.51 Å². The summed E-state index contributed by atoms with van der Waals surface area (Å²) in [6.07, 6.45) is 2.52. The highest BCUT2D eigenvalue weighted by atomic mass is 79.9. The van der Waals surface area contributed by atoms with E-state index in [4.69, 9.17) is 4.74 Å². The number of fused-ring (bicyclic) bond motifs is 1. The van der Waals surface area contributed by atoms with Gasteiger partial charge in [-0.15, -0.1) is 0 Å². The van der Waals surface area contributed by atoms with Gasteiger partial charge in [-0.3, -0.25) is 9.20 Å². The molecule has 1 amide bonds. The number of amides is 1. The molecular formula is C22H18BrF3N4O2S. The molecule has 0 bridgehead atoms. The second-order valence-electron chi connectivity index (χ2n) is 7.08. The molecule has 3 aromatic rings. The highest BCUT2D eigenvalue weighted by Crippen LogP contribution is 2.39. The smallest absolute Gasteiger partial charge is 0.447 e. The Bertz CT molecular complexity index is 1260. The van der Waals surface area contributed by atoms with E-state index >= 15 is 0 Å². The number of carbonyl (C=O) groups excluding carboxylic acids is 1. The predicted molar refractivity (Wildman–Crippen MR) is 124 cm³/mol. The number of carbonyl (C=O) groups is 1. The first-order chi connectivity index (χ1) is 15.8. The second-order valence-corrected chi connectivity index (χ2v) is 8.99. The van der Waals surface area contributed by atoms with Gasteiger partial charge in [0.15, 0.2) is 5.65 Å². The molecule has 1 fully saturated rings. The topological polar surface area (TPSA) is 58.9 Å². The minimum Gasteiger partial charge on any atom is -0.495 e. The first-order valence-corrected chi connectivity index (χ1v) is 11.5. The molecule has 0 radical (unpaired) electrons. The Labute approximate surface area is 200 Å². The zero-order chi connectivity index (χ0) is 23.6. The molecule has 0 aliphatic carbocycles. The number of thioether (sulfide) groups is 1. The van der Waals surface area contributed by atoms with E-state index in [9.17, 15) is 18.0 Å². The molecule has 1 N–H and O–H groups in total. The Morgan fingerprint density at radius 2 is 2.12 bits per heavy atom. The van der Waals surface area contributed by atoms with Crippen LogP contribution in [0.2, 0.25) is 0 Å². The van der Waals surface area contributed by atoms with Crippen molar-refractivity contribution in [3.05, 3.63) is 52.3 Å². The van der Waals surface area contributed by atoms with Crippen molar-refractivity contribution in [1.29, 1.82) is 0 Å². The van der Waals surface area contributed by atoms with E-state index in [0.717, 1.165) is 19.5 Å². The Balaban J connectivity index is 1.52. The van der Waals surface area contributed by atoms with Crippen molar-refractivity contribution < 1.29 is 22.7 Å². The van der Waals surface area contributed by atoms with Gasteiger partial charge in [0.25, 0.3) is 5.91 Å². The van der Waals surface area contributed by atoms with Crippen molar-refractivity contribution >= 4 is 44.9 Å². The lowest BCUT2D eigenvalue weighted by atomic mass is 10.1. The summed E-state index contributed by atoms with van der Waals surface area (Å²) in [5.41, 5.74) is -2.93. The number of pyridine rings is 1. The lowest BCUT2D eigenvalue weighted by molar-refractivity contribution is -0.0330. The standard InChI is InChI=1S/C22H18BrF3N4O2S/c1-32-18-13-14(20(31)29-10-4-11-29)7-8-16(18)27-9-2-6-17-21(33-22(24,25)26)30-12-3-5-15(23)19(30)28-17/h3,5,7-8,12-13,27H,4,9-11H2,1H3. The van der Waals surface area contributed by atoms with Gasteiger partial charge in [-0.1, -0.05) is 5.92 Å². The van der Waals surface area contributed by atoms with Gasteiger partial charge in [0, 0.05) is 36.6 Å². The number of aromatic nitrogens is 2. The molecule has 1 saturated heterocycles. The van der Waals surface area contributed by atoms with Crippen LogP contribution in [0.4, 0.5) is 18.9 Å². The van der Waals surface area contributed by atoms with Gasteiger partial charge in [0.1, 0.15) is 16.5 Å². The predicted octanol–water partition coefficient (Wildman–Crippen LogP) is 5.03. The molecule has 11 heteroatoms. The number of methoxy groups -OCH3 is 1. The van der Waals surface area contributed by atoms with Gasteiger partial charge in [0.2, 0.25) is 0 Å². The van der Waals surface area contributed by atoms with E-state index in [1.54, 1.807) is 35.2 Å². The third-order valence-corrected chi connectivity index (χ3v) is 6.37. The summed E-state index contributed by atoms with van der Waals surface area (Å²) in [6, 6.07) is 8.41. The molecule has 1 aliphatic rings. The Morgan fingerprint density at radius 1 is 1.33 bits per heavy atom. The fourth-order valence-electron chi connectivity index (χ4n) is 3.24. The number of anilines is 1. The molecule has 1 aromatic carbocycles. The van der Waals surface area contributed by atoms with Crippen molar-refractivity contribution in [2.45, 2.75) is 17.0 Å². The number of hydrogen-bond donors (Lipinski definition) is 1. The number of benzene rings is 1. The van der Waals surface area contributed by atoms with E-state index in [1.807, 2.05) is 0 Å². The number of likely N-dealkylation sites (tertiary alicyclic amines) is 1. The zero-order valence-corrected chi connectivity index (χ0v) is 19.8. The first-order valence-electron chi connectivity index (χ1n) is 9.89. The Kier molecular flexibility index (Phi) is 6.76. The summed E-state index contributed by atoms with van der Waals surface area (Å²) in [5, 5.41) is 2.97. The monoisotopic (exact) mass is 538 g/mol. The van der Waals surface area contributed by atoms with Crippen LogP contribution in [-0.4, -0.2) is 52.4 Å². The Morgan fingerprint density at radius 3 is 2.79 bits per heavy atom. The minimum atomic E-state index is -4.48. The molecule has 0 atom stereocenters. The molecule has 0 saturated carbocycles. The number of hydrogen-bond acceptors (Lipinski definition) is 5. The van der Waals surface area contributed by atoms with E-state index in [2.05, 4.69) is 38.1 Å². The number of imidazole rings is 1. The summed E-state index contributed by atoms with van der Waals surface area (Å²) < 4.78 is 46.6. The number of nitrogens with zero attached hydrogens (tertiary/aromatic N) is 3. The molecule has 3 heterocycles. The highest BCUT2D eigenvalue weighted by Gasteiger charge is 2.33. The van der Waals surface area contributed by atoms with Crippen molar-refractivity contribution in [1.82, 2.24) is 14.3 Å². The molecular weight excluding hydrogens is 521 g/mol. The van der Waals surface area contributed by atoms with Gasteiger partial charge in [-0.2, -0.15) is 13.2 Å². The van der Waals surface area contributed by atoms with E-state index < -0.39 is 5.51 Å². The Hall–Kier alpha value is -2.84. The van der Waals surface area contributed by atoms with Crippen LogP contribution in [0.25, 0.3) is 5.65 Å². The third-order valence-electron chi connectivity index (χ3n) is 4.94. The van der Waals surface area contributed by atoms with Crippen LogP contribution >= 0.6 is 27.7 Å². The van der Waals surface area contributed by atoms with Gasteiger partial charge in [-0.05, 0) is 58.6 Å². The summed E-state index contributed by atoms with van der Waals surface area (Å²) in [6.45, 7) is 1.65. The van der Waals surface area contributed by atoms with E-state index in [0.29, 0.717) is 27.1 Å². The molecule has 172 valence electrons. The molecule has 33 heavy (non-hydrogen) atoms. The maximum absolute atomic E-state index is 13.1. The average Bonchev–Trinajstić information content (AvgIpc) is 3.07. The zero-order valence-electron chi connectivity index (χ0n) is 17.4. The third kappa shape index (κ3) is 5.23. The van der Waals surface area contributed by atoms with Crippen LogP contribution in [0.3, 0.4) is 0 Å². The number of alkyl halides is 3. The second kappa shape index (κ2) is 9.57. The van der Waals surface area contributed by atoms with Crippen LogP contribution in [0.1, 0.15) is 22.5 Å². The SMILES string of the molecule is COc1cc(C(=O)N2CCC2)ccc1NCC#Cc1nc2c(Br)cccn2c1SC(F)(F)F. The van der Waals surface area contributed by atoms with Gasteiger partial charge < -0.3 is 15.0 Å². The van der Waals surface area contributed by atoms with Crippen molar-refractivity contribution in [3.63, 3.8) is 0 Å². The first kappa shape index (κ1) is 23.3. The van der Waals surface area contributed by atoms with Crippen molar-refractivity contribution in [2.24, 2.45) is 0 Å². The summed E-state index contributed by atoms with van der Waals surface area (Å²) in [7, 11) is 1.50. The molecule has 1 aliphatic heterocycles. The number of halogens is 4. The summed E-state index contributed by atoms with van der Waals surface area (Å²) >= 11 is 3.06. The van der Waals surface area contributed by atoms with Crippen LogP contribution in [0.5, 0.6) is 5.75 Å². The average molecular weight is 539 g/mol. The van der Waals surface area contributed by atoms with Crippen LogP contribution in [-0.2, 0) is 0 Å². The maximum Gasteiger partial charge on any atom is 0.447 e. The van der Waals surface area contributed by atoms with Crippen LogP contribution in [0.15, 0.2) is 46.0 Å². The van der Waals surface area contributed by atoms with Crippen molar-refractivity contribution in [3.8, 4) is 17.6 Å². The number of rotatable bonds is 5. The summed E-state index contributed by atoms with van der Waals surface area (Å²) in [4.78, 5) is 18.4. The minimum absolute atomic E-state index is 0.0356. The fraction of sp³-hybridized carbons (Fsp3) is 0.273. The van der Waals surface area contributed by atoms with Crippen LogP contribution < -0.4 is 10.1 Å². The van der Waals surface area contributed by atoms with E-state index in [-0.39, 0.29) is 34.9 Å². The lowest BCUT2D eigenvalue weighted by Gasteiger charge is -2.31. The fourth-order valence-corrected chi connectivity index (χ4v) is 4.33. The normalized spacial score (nSPS) is 13.3. The number of ether oxygens (including phenoxy) is 1. The number of nitrogens with one attached hydrogen (secondary N) is 1. The molecule has 0 unspecified atom stereocenters. The highest BCUT2D eigenvalue weighted by molar-refractivity contribution is 9.10. The molecule has 0 spiro atoms. The summed E-state index contributed by atoms with van der Waals surface area (Å²) in [5.74, 6) is 5.99. The van der Waals surface area contributed by atoms with E-state index in [1.165, 1.54) is 17.7 Å². The van der Waals surface area contributed by atoms with Crippen LogP contribution in [0, 0.1) is 11.8 Å². The maximum atomic E-state index is 13.1. The molecule has 6 nitrogen and oxygen atoms in total. The molecule has 4 rings (SSSR count). The quantitative estimate of drug-likeness (QED) is 0.365.